The Morgan fingerprint density at radius 1 is 1.44 bits per heavy atom. The minimum absolute atomic E-state index is 0.0546. The Balaban J connectivity index is 2.33. The molecule has 86 valence electrons. The zero-order chi connectivity index (χ0) is 11.8. The summed E-state index contributed by atoms with van der Waals surface area (Å²) >= 11 is 0. The largest absolute Gasteiger partial charge is 0.467 e. The normalized spacial score (nSPS) is 12.0. The second kappa shape index (κ2) is 3.66. The minimum atomic E-state index is -4.37. The zero-order valence-electron chi connectivity index (χ0n) is 8.30. The summed E-state index contributed by atoms with van der Waals surface area (Å²) in [4.78, 5) is 3.76. The van der Waals surface area contributed by atoms with Crippen LogP contribution in [-0.2, 0) is 0 Å². The first-order valence-electron chi connectivity index (χ1n) is 4.46. The number of hydrogen-bond donors (Lipinski definition) is 1. The number of aryl methyl sites for hydroxylation is 1. The number of rotatable bonds is 2. The highest BCUT2D eigenvalue weighted by Crippen LogP contribution is 2.25. The number of nitrogens with zero attached hydrogens (tertiary/aromatic N) is 2. The van der Waals surface area contributed by atoms with Crippen LogP contribution in [0, 0.1) is 6.92 Å². The predicted molar refractivity (Wildman–Crippen MR) is 50.2 cm³/mol. The molecule has 2 rings (SSSR count). The van der Waals surface area contributed by atoms with Gasteiger partial charge in [-0.05, 0) is 13.0 Å². The summed E-state index contributed by atoms with van der Waals surface area (Å²) < 4.78 is 40.6. The molecular weight excluding hydrogens is 223 g/mol. The number of hydrogen-bond acceptors (Lipinski definition) is 3. The molecule has 16 heavy (non-hydrogen) atoms. The molecule has 2 aromatic heterocycles. The van der Waals surface area contributed by atoms with Crippen LogP contribution in [0.4, 0.5) is 13.2 Å². The minimum Gasteiger partial charge on any atom is -0.467 e. The Morgan fingerprint density at radius 2 is 2.19 bits per heavy atom. The van der Waals surface area contributed by atoms with Crippen LogP contribution >= 0.6 is 0 Å². The van der Waals surface area contributed by atoms with Gasteiger partial charge in [0.2, 0.25) is 5.88 Å². The highest BCUT2D eigenvalue weighted by atomic mass is 19.4. The summed E-state index contributed by atoms with van der Waals surface area (Å²) in [6.45, 7) is 0.310. The van der Waals surface area contributed by atoms with E-state index in [-0.39, 0.29) is 5.88 Å². The highest BCUT2D eigenvalue weighted by molar-refractivity contribution is 5.85. The molecule has 0 aromatic carbocycles. The third-order valence-corrected chi connectivity index (χ3v) is 1.99. The van der Waals surface area contributed by atoms with E-state index in [0.29, 0.717) is 16.6 Å². The van der Waals surface area contributed by atoms with E-state index in [1.807, 2.05) is 0 Å². The molecule has 2 aromatic rings. The quantitative estimate of drug-likeness (QED) is 0.862. The third kappa shape index (κ3) is 2.07. The molecule has 0 unspecified atom stereocenters. The molecule has 0 fully saturated rings. The van der Waals surface area contributed by atoms with Crippen molar-refractivity contribution in [3.8, 4) is 5.88 Å². The Bertz CT molecular complexity index is 506. The van der Waals surface area contributed by atoms with E-state index >= 15 is 0 Å². The molecule has 0 atom stereocenters. The van der Waals surface area contributed by atoms with Crippen molar-refractivity contribution in [1.82, 2.24) is 15.2 Å². The maximum atomic E-state index is 12.0. The van der Waals surface area contributed by atoms with Gasteiger partial charge in [-0.25, -0.2) is 4.98 Å². The van der Waals surface area contributed by atoms with Gasteiger partial charge in [-0.1, -0.05) is 0 Å². The fourth-order valence-corrected chi connectivity index (χ4v) is 1.35. The molecule has 4 nitrogen and oxygen atoms in total. The van der Waals surface area contributed by atoms with Crippen molar-refractivity contribution in [2.75, 3.05) is 6.61 Å². The van der Waals surface area contributed by atoms with Crippen LogP contribution in [0.1, 0.15) is 5.69 Å². The van der Waals surface area contributed by atoms with Gasteiger partial charge in [-0.15, -0.1) is 0 Å². The molecule has 0 radical (unpaired) electrons. The third-order valence-electron chi connectivity index (χ3n) is 1.99. The monoisotopic (exact) mass is 231 g/mol. The number of ether oxygens (including phenoxy) is 1. The topological polar surface area (TPSA) is 50.8 Å². The molecule has 1 N–H and O–H groups in total. The lowest BCUT2D eigenvalue weighted by atomic mass is 10.2. The van der Waals surface area contributed by atoms with Crippen molar-refractivity contribution in [1.29, 1.82) is 0 Å². The second-order valence-corrected chi connectivity index (χ2v) is 3.25. The fourth-order valence-electron chi connectivity index (χ4n) is 1.35. The lowest BCUT2D eigenvalue weighted by molar-refractivity contribution is -0.153. The van der Waals surface area contributed by atoms with Crippen LogP contribution < -0.4 is 4.74 Å². The highest BCUT2D eigenvalue weighted by Gasteiger charge is 2.29. The number of nitrogens with one attached hydrogen (secondary N) is 1. The number of alkyl halides is 3. The maximum Gasteiger partial charge on any atom is 0.422 e. The van der Waals surface area contributed by atoms with Gasteiger partial charge in [0.25, 0.3) is 0 Å². The Kier molecular flexibility index (Phi) is 2.45. The smallest absolute Gasteiger partial charge is 0.422 e. The molecule has 7 heteroatoms. The Labute approximate surface area is 88.4 Å². The molecule has 0 aliphatic carbocycles. The molecule has 2 heterocycles. The van der Waals surface area contributed by atoms with Gasteiger partial charge in [-0.2, -0.15) is 18.3 Å². The van der Waals surface area contributed by atoms with Crippen LogP contribution in [0.3, 0.4) is 0 Å². The van der Waals surface area contributed by atoms with Crippen LogP contribution in [0.15, 0.2) is 12.3 Å². The molecule has 0 amide bonds. The van der Waals surface area contributed by atoms with Crippen molar-refractivity contribution in [2.24, 2.45) is 0 Å². The predicted octanol–water partition coefficient (Wildman–Crippen LogP) is 2.21. The van der Waals surface area contributed by atoms with Crippen molar-refractivity contribution in [3.63, 3.8) is 0 Å². The summed E-state index contributed by atoms with van der Waals surface area (Å²) in [5.41, 5.74) is 1.16. The second-order valence-electron chi connectivity index (χ2n) is 3.25. The molecule has 0 spiro atoms. The summed E-state index contributed by atoms with van der Waals surface area (Å²) in [5.74, 6) is -0.0546. The summed E-state index contributed by atoms with van der Waals surface area (Å²) in [7, 11) is 0. The molecule has 0 bridgehead atoms. The van der Waals surface area contributed by atoms with Gasteiger partial charge in [-0.3, -0.25) is 5.10 Å². The average molecular weight is 231 g/mol. The molecule has 0 saturated heterocycles. The maximum absolute atomic E-state index is 12.0. The lowest BCUT2D eigenvalue weighted by Gasteiger charge is -2.08. The number of aromatic amines is 1. The van der Waals surface area contributed by atoms with Crippen LogP contribution in [0.25, 0.3) is 10.9 Å². The van der Waals surface area contributed by atoms with E-state index in [4.69, 9.17) is 0 Å². The molecule has 0 aliphatic rings. The molecule has 0 aliphatic heterocycles. The number of halogens is 3. The number of aromatic nitrogens is 3. The molecule has 0 saturated carbocycles. The lowest BCUT2D eigenvalue weighted by Crippen LogP contribution is -2.19. The zero-order valence-corrected chi connectivity index (χ0v) is 8.30. The van der Waals surface area contributed by atoms with Crippen LogP contribution in [0.5, 0.6) is 5.88 Å². The summed E-state index contributed by atoms with van der Waals surface area (Å²) in [6, 6.07) is 1.62. The SMILES string of the molecule is Cc1n[nH]c2ccnc(OCC(F)(F)F)c12. The van der Waals surface area contributed by atoms with Crippen molar-refractivity contribution in [2.45, 2.75) is 13.1 Å². The first-order chi connectivity index (χ1) is 7.47. The van der Waals surface area contributed by atoms with Gasteiger partial charge >= 0.3 is 6.18 Å². The van der Waals surface area contributed by atoms with Crippen molar-refractivity contribution < 1.29 is 17.9 Å². The summed E-state index contributed by atoms with van der Waals surface area (Å²) in [5, 5.41) is 7.03. The van der Waals surface area contributed by atoms with Crippen molar-refractivity contribution in [3.05, 3.63) is 18.0 Å². The standard InChI is InChI=1S/C9H8F3N3O/c1-5-7-6(15-14-5)2-3-13-8(7)16-4-9(10,11)12/h2-3H,4H2,1H3,(H,14,15). The van der Waals surface area contributed by atoms with Gasteiger partial charge in [0, 0.05) is 6.20 Å². The van der Waals surface area contributed by atoms with E-state index in [9.17, 15) is 13.2 Å². The van der Waals surface area contributed by atoms with E-state index < -0.39 is 12.8 Å². The van der Waals surface area contributed by atoms with E-state index in [1.165, 1.54) is 6.20 Å². The van der Waals surface area contributed by atoms with Crippen LogP contribution in [-0.4, -0.2) is 28.0 Å². The van der Waals surface area contributed by atoms with E-state index in [2.05, 4.69) is 19.9 Å². The Hall–Kier alpha value is -1.79. The fraction of sp³-hybridized carbons (Fsp3) is 0.333. The van der Waals surface area contributed by atoms with Gasteiger partial charge in [0.1, 0.15) is 0 Å². The van der Waals surface area contributed by atoms with Gasteiger partial charge < -0.3 is 4.74 Å². The van der Waals surface area contributed by atoms with Gasteiger partial charge in [0.05, 0.1) is 16.6 Å². The molecular formula is C9H8F3N3O. The van der Waals surface area contributed by atoms with Crippen molar-refractivity contribution >= 4 is 10.9 Å². The first kappa shape index (κ1) is 10.7. The Morgan fingerprint density at radius 3 is 2.88 bits per heavy atom. The van der Waals surface area contributed by atoms with E-state index in [1.54, 1.807) is 13.0 Å². The average Bonchev–Trinajstić information content (AvgIpc) is 2.57. The number of H-pyrrole nitrogens is 1. The number of fused-ring (bicyclic) bond motifs is 1. The first-order valence-corrected chi connectivity index (χ1v) is 4.46. The van der Waals surface area contributed by atoms with E-state index in [0.717, 1.165) is 0 Å². The summed E-state index contributed by atoms with van der Waals surface area (Å²) in [6.07, 6.45) is -3.01. The number of pyridine rings is 1. The van der Waals surface area contributed by atoms with Gasteiger partial charge in [0.15, 0.2) is 6.61 Å². The van der Waals surface area contributed by atoms with Crippen LogP contribution in [0.2, 0.25) is 0 Å².